The van der Waals surface area contributed by atoms with E-state index in [1.165, 1.54) is 24.3 Å². The fraction of sp³-hybridized carbons (Fsp3) is 0.385. The zero-order valence-electron chi connectivity index (χ0n) is 10.6. The van der Waals surface area contributed by atoms with Gasteiger partial charge in [0.2, 0.25) is 0 Å². The quantitative estimate of drug-likeness (QED) is 0.785. The highest BCUT2D eigenvalue weighted by atomic mass is 19.1. The molecule has 19 heavy (non-hydrogen) atoms. The Labute approximate surface area is 110 Å². The van der Waals surface area contributed by atoms with Crippen molar-refractivity contribution >= 4 is 11.9 Å². The number of hydrogen-bond acceptors (Lipinski definition) is 3. The maximum absolute atomic E-state index is 12.6. The van der Waals surface area contributed by atoms with Crippen molar-refractivity contribution in [3.05, 3.63) is 30.1 Å². The topological polar surface area (TPSA) is 75.6 Å². The van der Waals surface area contributed by atoms with E-state index < -0.39 is 17.8 Å². The van der Waals surface area contributed by atoms with E-state index in [0.717, 1.165) is 0 Å². The number of carboxylic acids is 1. The number of rotatable bonds is 7. The average molecular weight is 269 g/mol. The van der Waals surface area contributed by atoms with E-state index >= 15 is 0 Å². The van der Waals surface area contributed by atoms with Crippen LogP contribution >= 0.6 is 0 Å². The summed E-state index contributed by atoms with van der Waals surface area (Å²) in [5.74, 6) is -1.97. The Bertz CT molecular complexity index is 433. The first-order valence-electron chi connectivity index (χ1n) is 5.90. The Hall–Kier alpha value is -2.11. The smallest absolute Gasteiger partial charge is 0.308 e. The lowest BCUT2D eigenvalue weighted by atomic mass is 10.1. The summed E-state index contributed by atoms with van der Waals surface area (Å²) in [6, 6.07) is 5.28. The minimum atomic E-state index is -0.942. The molecule has 1 amide bonds. The SMILES string of the molecule is CCC(CNC(=O)COc1ccc(F)cc1)C(=O)O. The zero-order chi connectivity index (χ0) is 14.3. The van der Waals surface area contributed by atoms with Gasteiger partial charge >= 0.3 is 5.97 Å². The molecule has 0 bridgehead atoms. The number of benzene rings is 1. The lowest BCUT2D eigenvalue weighted by Crippen LogP contribution is -2.35. The fourth-order valence-electron chi connectivity index (χ4n) is 1.37. The van der Waals surface area contributed by atoms with Crippen molar-refractivity contribution in [1.29, 1.82) is 0 Å². The summed E-state index contributed by atoms with van der Waals surface area (Å²) < 4.78 is 17.7. The molecule has 0 aliphatic rings. The van der Waals surface area contributed by atoms with Gasteiger partial charge in [-0.1, -0.05) is 6.92 Å². The summed E-state index contributed by atoms with van der Waals surface area (Å²) in [4.78, 5) is 22.2. The Morgan fingerprint density at radius 1 is 1.37 bits per heavy atom. The van der Waals surface area contributed by atoms with Gasteiger partial charge in [0.1, 0.15) is 11.6 Å². The van der Waals surface area contributed by atoms with Gasteiger partial charge in [-0.25, -0.2) is 4.39 Å². The monoisotopic (exact) mass is 269 g/mol. The van der Waals surface area contributed by atoms with Crippen molar-refractivity contribution in [2.75, 3.05) is 13.2 Å². The second-order valence-corrected chi connectivity index (χ2v) is 3.99. The molecule has 0 aliphatic heterocycles. The van der Waals surface area contributed by atoms with Crippen molar-refractivity contribution in [2.24, 2.45) is 5.92 Å². The number of aliphatic carboxylic acids is 1. The number of carbonyl (C=O) groups excluding carboxylic acids is 1. The molecule has 1 unspecified atom stereocenters. The summed E-state index contributed by atoms with van der Waals surface area (Å²) >= 11 is 0. The molecular formula is C13H16FNO4. The first kappa shape index (κ1) is 14.9. The molecule has 0 radical (unpaired) electrons. The third kappa shape index (κ3) is 5.37. The van der Waals surface area contributed by atoms with E-state index in [-0.39, 0.29) is 19.0 Å². The molecule has 0 heterocycles. The normalized spacial score (nSPS) is 11.7. The van der Waals surface area contributed by atoms with E-state index in [2.05, 4.69) is 5.32 Å². The summed E-state index contributed by atoms with van der Waals surface area (Å²) in [7, 11) is 0. The number of halogens is 1. The van der Waals surface area contributed by atoms with Crippen LogP contribution in [-0.4, -0.2) is 30.1 Å². The molecule has 1 rings (SSSR count). The number of hydrogen-bond donors (Lipinski definition) is 2. The first-order chi connectivity index (χ1) is 9.02. The standard InChI is InChI=1S/C13H16FNO4/c1-2-9(13(17)18)7-15-12(16)8-19-11-5-3-10(14)4-6-11/h3-6,9H,2,7-8H2,1H3,(H,15,16)(H,17,18). The highest BCUT2D eigenvalue weighted by Crippen LogP contribution is 2.10. The largest absolute Gasteiger partial charge is 0.484 e. The first-order valence-corrected chi connectivity index (χ1v) is 5.90. The molecule has 5 nitrogen and oxygen atoms in total. The van der Waals surface area contributed by atoms with Crippen LogP contribution in [0.3, 0.4) is 0 Å². The second-order valence-electron chi connectivity index (χ2n) is 3.99. The van der Waals surface area contributed by atoms with Gasteiger partial charge in [0, 0.05) is 6.54 Å². The number of ether oxygens (including phenoxy) is 1. The zero-order valence-corrected chi connectivity index (χ0v) is 10.6. The van der Waals surface area contributed by atoms with E-state index in [1.807, 2.05) is 0 Å². The minimum Gasteiger partial charge on any atom is -0.484 e. The molecule has 0 fully saturated rings. The molecule has 104 valence electrons. The van der Waals surface area contributed by atoms with Crippen LogP contribution in [0.2, 0.25) is 0 Å². The van der Waals surface area contributed by atoms with Crippen molar-refractivity contribution in [3.63, 3.8) is 0 Å². The van der Waals surface area contributed by atoms with Crippen LogP contribution in [0.4, 0.5) is 4.39 Å². The second kappa shape index (κ2) is 7.35. The Morgan fingerprint density at radius 3 is 2.53 bits per heavy atom. The van der Waals surface area contributed by atoms with Gasteiger partial charge in [-0.05, 0) is 30.7 Å². The molecular weight excluding hydrogens is 253 g/mol. The van der Waals surface area contributed by atoms with Gasteiger partial charge in [0.05, 0.1) is 5.92 Å². The van der Waals surface area contributed by atoms with E-state index in [4.69, 9.17) is 9.84 Å². The van der Waals surface area contributed by atoms with Crippen LogP contribution in [0.5, 0.6) is 5.75 Å². The van der Waals surface area contributed by atoms with Crippen molar-refractivity contribution in [2.45, 2.75) is 13.3 Å². The summed E-state index contributed by atoms with van der Waals surface area (Å²) in [5, 5.41) is 11.3. The number of nitrogens with one attached hydrogen (secondary N) is 1. The van der Waals surface area contributed by atoms with E-state index in [0.29, 0.717) is 12.2 Å². The fourth-order valence-corrected chi connectivity index (χ4v) is 1.37. The predicted octanol–water partition coefficient (Wildman–Crippen LogP) is 1.43. The van der Waals surface area contributed by atoms with Crippen molar-refractivity contribution in [1.82, 2.24) is 5.32 Å². The van der Waals surface area contributed by atoms with Gasteiger partial charge in [-0.15, -0.1) is 0 Å². The van der Waals surface area contributed by atoms with E-state index in [9.17, 15) is 14.0 Å². The molecule has 2 N–H and O–H groups in total. The predicted molar refractivity (Wildman–Crippen MR) is 66.3 cm³/mol. The van der Waals surface area contributed by atoms with Crippen LogP contribution < -0.4 is 10.1 Å². The number of carboxylic acid groups (broad SMARTS) is 1. The Balaban J connectivity index is 2.31. The number of carbonyl (C=O) groups is 2. The number of amides is 1. The Kier molecular flexibility index (Phi) is 5.78. The summed E-state index contributed by atoms with van der Waals surface area (Å²) in [6.07, 6.45) is 0.439. The van der Waals surface area contributed by atoms with Crippen LogP contribution in [0.15, 0.2) is 24.3 Å². The molecule has 1 aromatic carbocycles. The maximum Gasteiger partial charge on any atom is 0.308 e. The molecule has 6 heteroatoms. The van der Waals surface area contributed by atoms with Crippen LogP contribution in [0.1, 0.15) is 13.3 Å². The molecule has 0 aliphatic carbocycles. The van der Waals surface area contributed by atoms with Gasteiger partial charge in [-0.3, -0.25) is 9.59 Å². The van der Waals surface area contributed by atoms with Crippen LogP contribution in [0.25, 0.3) is 0 Å². The minimum absolute atomic E-state index is 0.0669. The molecule has 1 atom stereocenters. The summed E-state index contributed by atoms with van der Waals surface area (Å²) in [6.45, 7) is 1.57. The van der Waals surface area contributed by atoms with Gasteiger partial charge < -0.3 is 15.2 Å². The van der Waals surface area contributed by atoms with Gasteiger partial charge in [0.15, 0.2) is 6.61 Å². The van der Waals surface area contributed by atoms with Crippen molar-refractivity contribution in [3.8, 4) is 5.75 Å². The third-order valence-corrected chi connectivity index (χ3v) is 2.57. The lowest BCUT2D eigenvalue weighted by molar-refractivity contribution is -0.141. The average Bonchev–Trinajstić information content (AvgIpc) is 2.38. The highest BCUT2D eigenvalue weighted by Gasteiger charge is 2.15. The van der Waals surface area contributed by atoms with Crippen LogP contribution in [0, 0.1) is 11.7 Å². The molecule has 1 aromatic rings. The van der Waals surface area contributed by atoms with Gasteiger partial charge in [-0.2, -0.15) is 0 Å². The summed E-state index contributed by atoms with van der Waals surface area (Å²) in [5.41, 5.74) is 0. The van der Waals surface area contributed by atoms with Gasteiger partial charge in [0.25, 0.3) is 5.91 Å². The van der Waals surface area contributed by atoms with E-state index in [1.54, 1.807) is 6.92 Å². The lowest BCUT2D eigenvalue weighted by Gasteiger charge is -2.11. The molecule has 0 saturated heterocycles. The third-order valence-electron chi connectivity index (χ3n) is 2.57. The maximum atomic E-state index is 12.6. The molecule has 0 spiro atoms. The molecule has 0 aromatic heterocycles. The molecule has 0 saturated carbocycles. The van der Waals surface area contributed by atoms with Crippen molar-refractivity contribution < 1.29 is 23.8 Å². The Morgan fingerprint density at radius 2 is 2.00 bits per heavy atom. The van der Waals surface area contributed by atoms with Crippen LogP contribution in [-0.2, 0) is 9.59 Å². The highest BCUT2D eigenvalue weighted by molar-refractivity contribution is 5.78.